The van der Waals surface area contributed by atoms with E-state index in [9.17, 15) is 9.90 Å². The molecule has 2 saturated heterocycles. The molecule has 2 fully saturated rings. The highest BCUT2D eigenvalue weighted by Crippen LogP contribution is 2.22. The summed E-state index contributed by atoms with van der Waals surface area (Å²) in [6.45, 7) is 4.58. The van der Waals surface area contributed by atoms with Crippen molar-refractivity contribution in [1.82, 2.24) is 9.80 Å². The fourth-order valence-corrected chi connectivity index (χ4v) is 3.34. The number of nitrogens with zero attached hydrogens (tertiary/aromatic N) is 2. The van der Waals surface area contributed by atoms with Gasteiger partial charge in [0.15, 0.2) is 0 Å². The van der Waals surface area contributed by atoms with Crippen LogP contribution in [0.2, 0.25) is 0 Å². The fraction of sp³-hybridized carbons (Fsp3) is 0.588. The molecular weight excluding hydrogens is 280 g/mol. The topological polar surface area (TPSA) is 53.0 Å². The van der Waals surface area contributed by atoms with E-state index >= 15 is 0 Å². The van der Waals surface area contributed by atoms with Crippen molar-refractivity contribution in [2.45, 2.75) is 31.7 Å². The molecule has 22 heavy (non-hydrogen) atoms. The normalized spacial score (nSPS) is 20.5. The molecule has 1 amide bonds. The number of carbonyl (C=O) groups excluding carboxylic acids is 1. The Morgan fingerprint density at radius 3 is 2.50 bits per heavy atom. The van der Waals surface area contributed by atoms with Gasteiger partial charge < -0.3 is 14.7 Å². The van der Waals surface area contributed by atoms with Crippen molar-refractivity contribution in [2.24, 2.45) is 0 Å². The molecule has 0 aliphatic carbocycles. The van der Waals surface area contributed by atoms with Gasteiger partial charge in [-0.25, -0.2) is 0 Å². The Morgan fingerprint density at radius 1 is 1.14 bits per heavy atom. The SMILES string of the molecule is O=C1CCCN1C1CCN(CCOc2ccc(O)cc2)CC1. The first kappa shape index (κ1) is 15.2. The number of piperidine rings is 1. The first-order chi connectivity index (χ1) is 10.7. The van der Waals surface area contributed by atoms with Crippen LogP contribution in [0.4, 0.5) is 0 Å². The number of benzene rings is 1. The van der Waals surface area contributed by atoms with E-state index in [1.54, 1.807) is 24.3 Å². The Morgan fingerprint density at radius 2 is 1.86 bits per heavy atom. The van der Waals surface area contributed by atoms with Crippen LogP contribution in [0, 0.1) is 0 Å². The summed E-state index contributed by atoms with van der Waals surface area (Å²) in [5.41, 5.74) is 0. The van der Waals surface area contributed by atoms with E-state index in [1.165, 1.54) is 0 Å². The molecule has 0 bridgehead atoms. The molecule has 1 N–H and O–H groups in total. The smallest absolute Gasteiger partial charge is 0.222 e. The molecule has 0 spiro atoms. The number of aromatic hydroxyl groups is 1. The van der Waals surface area contributed by atoms with Crippen LogP contribution in [0.3, 0.4) is 0 Å². The summed E-state index contributed by atoms with van der Waals surface area (Å²) in [6.07, 6.45) is 3.91. The van der Waals surface area contributed by atoms with Gasteiger partial charge in [0.05, 0.1) is 0 Å². The van der Waals surface area contributed by atoms with E-state index in [1.807, 2.05) is 0 Å². The van der Waals surface area contributed by atoms with Gasteiger partial charge in [-0.05, 0) is 43.5 Å². The van der Waals surface area contributed by atoms with Gasteiger partial charge in [-0.3, -0.25) is 9.69 Å². The zero-order valence-corrected chi connectivity index (χ0v) is 12.9. The Bertz CT molecular complexity index is 495. The molecule has 120 valence electrons. The highest BCUT2D eigenvalue weighted by atomic mass is 16.5. The molecule has 2 aliphatic rings. The first-order valence-corrected chi connectivity index (χ1v) is 8.16. The van der Waals surface area contributed by atoms with Crippen LogP contribution in [0.1, 0.15) is 25.7 Å². The van der Waals surface area contributed by atoms with Crippen molar-refractivity contribution in [2.75, 3.05) is 32.8 Å². The lowest BCUT2D eigenvalue weighted by atomic mass is 10.0. The maximum absolute atomic E-state index is 11.8. The number of phenols is 1. The molecule has 3 rings (SSSR count). The van der Waals surface area contributed by atoms with Gasteiger partial charge in [-0.1, -0.05) is 0 Å². The van der Waals surface area contributed by atoms with E-state index in [4.69, 9.17) is 4.74 Å². The molecule has 1 aromatic rings. The van der Waals surface area contributed by atoms with Gasteiger partial charge in [-0.2, -0.15) is 0 Å². The minimum atomic E-state index is 0.255. The second-order valence-corrected chi connectivity index (χ2v) is 6.11. The van der Waals surface area contributed by atoms with Crippen LogP contribution in [-0.2, 0) is 4.79 Å². The summed E-state index contributed by atoms with van der Waals surface area (Å²) in [7, 11) is 0. The van der Waals surface area contributed by atoms with Crippen molar-refractivity contribution in [3.8, 4) is 11.5 Å². The van der Waals surface area contributed by atoms with E-state index < -0.39 is 0 Å². The Hall–Kier alpha value is -1.75. The number of hydrogen-bond acceptors (Lipinski definition) is 4. The average molecular weight is 304 g/mol. The third kappa shape index (κ3) is 3.71. The van der Waals surface area contributed by atoms with Crippen molar-refractivity contribution in [1.29, 1.82) is 0 Å². The molecule has 1 aromatic carbocycles. The minimum Gasteiger partial charge on any atom is -0.508 e. The van der Waals surface area contributed by atoms with Crippen LogP contribution in [0.25, 0.3) is 0 Å². The lowest BCUT2D eigenvalue weighted by molar-refractivity contribution is -0.130. The predicted molar refractivity (Wildman–Crippen MR) is 84.0 cm³/mol. The fourth-order valence-electron chi connectivity index (χ4n) is 3.34. The third-order valence-corrected chi connectivity index (χ3v) is 4.62. The highest BCUT2D eigenvalue weighted by molar-refractivity contribution is 5.78. The van der Waals surface area contributed by atoms with E-state index in [0.29, 0.717) is 18.6 Å². The Balaban J connectivity index is 1.37. The maximum atomic E-state index is 11.8. The molecule has 0 saturated carbocycles. The van der Waals surface area contributed by atoms with Gasteiger partial charge in [0.25, 0.3) is 0 Å². The van der Waals surface area contributed by atoms with E-state index in [0.717, 1.165) is 57.6 Å². The molecule has 2 aliphatic heterocycles. The van der Waals surface area contributed by atoms with Crippen LogP contribution in [0.15, 0.2) is 24.3 Å². The predicted octanol–water partition coefficient (Wildman–Crippen LogP) is 1.86. The Kier molecular flexibility index (Phi) is 4.83. The average Bonchev–Trinajstić information content (AvgIpc) is 2.96. The third-order valence-electron chi connectivity index (χ3n) is 4.62. The van der Waals surface area contributed by atoms with Crippen LogP contribution in [0.5, 0.6) is 11.5 Å². The lowest BCUT2D eigenvalue weighted by Gasteiger charge is -2.36. The van der Waals surface area contributed by atoms with Crippen molar-refractivity contribution < 1.29 is 14.6 Å². The van der Waals surface area contributed by atoms with Crippen molar-refractivity contribution in [3.63, 3.8) is 0 Å². The van der Waals surface area contributed by atoms with Gasteiger partial charge in [0.1, 0.15) is 18.1 Å². The maximum Gasteiger partial charge on any atom is 0.222 e. The zero-order chi connectivity index (χ0) is 15.4. The summed E-state index contributed by atoms with van der Waals surface area (Å²) in [5, 5.41) is 9.23. The lowest BCUT2D eigenvalue weighted by Crippen LogP contribution is -2.46. The summed E-state index contributed by atoms with van der Waals surface area (Å²) in [5.74, 6) is 1.38. The largest absolute Gasteiger partial charge is 0.508 e. The van der Waals surface area contributed by atoms with Crippen LogP contribution < -0.4 is 4.74 Å². The van der Waals surface area contributed by atoms with Gasteiger partial charge in [-0.15, -0.1) is 0 Å². The molecule has 0 atom stereocenters. The molecular formula is C17H24N2O3. The summed E-state index contributed by atoms with van der Waals surface area (Å²) in [4.78, 5) is 16.3. The molecule has 0 radical (unpaired) electrons. The van der Waals surface area contributed by atoms with Gasteiger partial charge in [0, 0.05) is 38.6 Å². The van der Waals surface area contributed by atoms with Gasteiger partial charge >= 0.3 is 0 Å². The van der Waals surface area contributed by atoms with E-state index in [2.05, 4.69) is 9.80 Å². The number of phenolic OH excluding ortho intramolecular Hbond substituents is 1. The minimum absolute atomic E-state index is 0.255. The van der Waals surface area contributed by atoms with E-state index in [-0.39, 0.29) is 5.75 Å². The Labute approximate surface area is 131 Å². The second kappa shape index (κ2) is 7.01. The monoisotopic (exact) mass is 304 g/mol. The molecule has 2 heterocycles. The molecule has 0 unspecified atom stereocenters. The highest BCUT2D eigenvalue weighted by Gasteiger charge is 2.30. The number of carbonyl (C=O) groups is 1. The molecule has 5 heteroatoms. The quantitative estimate of drug-likeness (QED) is 0.902. The van der Waals surface area contributed by atoms with Crippen LogP contribution >= 0.6 is 0 Å². The number of hydrogen-bond donors (Lipinski definition) is 1. The summed E-state index contributed by atoms with van der Waals surface area (Å²) < 4.78 is 5.69. The van der Waals surface area contributed by atoms with Crippen LogP contribution in [-0.4, -0.2) is 59.6 Å². The van der Waals surface area contributed by atoms with Crippen molar-refractivity contribution in [3.05, 3.63) is 24.3 Å². The number of amides is 1. The summed E-state index contributed by atoms with van der Waals surface area (Å²) >= 11 is 0. The van der Waals surface area contributed by atoms with Gasteiger partial charge in [0.2, 0.25) is 5.91 Å². The molecule has 0 aromatic heterocycles. The number of likely N-dealkylation sites (tertiary alicyclic amines) is 2. The number of ether oxygens (including phenoxy) is 1. The summed E-state index contributed by atoms with van der Waals surface area (Å²) in [6, 6.07) is 7.27. The molecule has 5 nitrogen and oxygen atoms in total. The van der Waals surface area contributed by atoms with Crippen molar-refractivity contribution >= 4 is 5.91 Å². The zero-order valence-electron chi connectivity index (χ0n) is 12.9. The second-order valence-electron chi connectivity index (χ2n) is 6.11. The first-order valence-electron chi connectivity index (χ1n) is 8.16. The standard InChI is InChI=1S/C17H24N2O3/c20-15-3-5-16(6-4-15)22-13-12-18-10-7-14(8-11-18)19-9-1-2-17(19)21/h3-6,14,20H,1-2,7-13H2. The number of rotatable bonds is 5.